The van der Waals surface area contributed by atoms with Crippen LogP contribution < -0.4 is 0 Å². The van der Waals surface area contributed by atoms with Crippen LogP contribution in [0.2, 0.25) is 0 Å². The van der Waals surface area contributed by atoms with E-state index in [2.05, 4.69) is 27.6 Å². The first-order valence-corrected chi connectivity index (χ1v) is 3.12. The van der Waals surface area contributed by atoms with Gasteiger partial charge in [0.2, 0.25) is 0 Å². The number of hydrogen-bond donors (Lipinski definition) is 1. The number of hydrogen-bond acceptors (Lipinski definition) is 4. The molecule has 1 heterocycles. The molecule has 48 valence electrons. The molecule has 9 heavy (non-hydrogen) atoms. The summed E-state index contributed by atoms with van der Waals surface area (Å²) in [6.45, 7) is 1.92. The van der Waals surface area contributed by atoms with E-state index in [-0.39, 0.29) is 5.25 Å². The highest BCUT2D eigenvalue weighted by molar-refractivity contribution is 7.80. The molecule has 0 aliphatic heterocycles. The lowest BCUT2D eigenvalue weighted by molar-refractivity contribution is 0.885. The van der Waals surface area contributed by atoms with Crippen LogP contribution in [-0.2, 0) is 0 Å². The lowest BCUT2D eigenvalue weighted by Gasteiger charge is -1.97. The summed E-state index contributed by atoms with van der Waals surface area (Å²) in [6.07, 6.45) is 2.93. The molecule has 0 aromatic carbocycles. The Labute approximate surface area is 59.0 Å². The quantitative estimate of drug-likeness (QED) is 0.589. The lowest BCUT2D eigenvalue weighted by Crippen LogP contribution is -1.93. The average Bonchev–Trinajstić information content (AvgIpc) is 1.90. The van der Waals surface area contributed by atoms with Crippen LogP contribution in [0.4, 0.5) is 0 Å². The van der Waals surface area contributed by atoms with Gasteiger partial charge in [0, 0.05) is 0 Å². The van der Waals surface area contributed by atoms with Gasteiger partial charge in [-0.25, -0.2) is 15.0 Å². The van der Waals surface area contributed by atoms with Crippen molar-refractivity contribution in [2.24, 2.45) is 0 Å². The Kier molecular flexibility index (Phi) is 2.00. The molecule has 3 nitrogen and oxygen atoms in total. The molecular weight excluding hydrogens is 134 g/mol. The van der Waals surface area contributed by atoms with Gasteiger partial charge in [-0.1, -0.05) is 0 Å². The van der Waals surface area contributed by atoms with E-state index in [1.807, 2.05) is 6.92 Å². The van der Waals surface area contributed by atoms with Gasteiger partial charge in [-0.05, 0) is 6.92 Å². The molecule has 4 heteroatoms. The molecule has 0 aliphatic rings. The molecule has 0 radical (unpaired) electrons. The third-order valence-electron chi connectivity index (χ3n) is 0.887. The predicted octanol–water partition coefficient (Wildman–Crippen LogP) is 0.862. The predicted molar refractivity (Wildman–Crippen MR) is 37.2 cm³/mol. The smallest absolute Gasteiger partial charge is 0.144 e. The Morgan fingerprint density at radius 3 is 2.33 bits per heavy atom. The van der Waals surface area contributed by atoms with Gasteiger partial charge in [0.1, 0.15) is 18.5 Å². The van der Waals surface area contributed by atoms with Crippen molar-refractivity contribution in [3.05, 3.63) is 18.5 Å². The highest BCUT2D eigenvalue weighted by Gasteiger charge is 1.98. The molecule has 0 saturated carbocycles. The Hall–Kier alpha value is -0.640. The Bertz CT molecular complexity index is 175. The van der Waals surface area contributed by atoms with Gasteiger partial charge in [-0.3, -0.25) is 0 Å². The van der Waals surface area contributed by atoms with Crippen molar-refractivity contribution in [2.45, 2.75) is 12.2 Å². The fraction of sp³-hybridized carbons (Fsp3) is 0.400. The zero-order chi connectivity index (χ0) is 6.69. The van der Waals surface area contributed by atoms with Crippen molar-refractivity contribution < 1.29 is 0 Å². The normalized spacial score (nSPS) is 13.1. The second kappa shape index (κ2) is 2.77. The maximum atomic E-state index is 4.13. The van der Waals surface area contributed by atoms with Crippen LogP contribution in [0.25, 0.3) is 0 Å². The molecule has 1 aromatic heterocycles. The van der Waals surface area contributed by atoms with Crippen LogP contribution in [0, 0.1) is 0 Å². The van der Waals surface area contributed by atoms with Crippen LogP contribution in [0.5, 0.6) is 0 Å². The van der Waals surface area contributed by atoms with Crippen molar-refractivity contribution in [1.29, 1.82) is 0 Å². The van der Waals surface area contributed by atoms with Crippen molar-refractivity contribution in [1.82, 2.24) is 15.0 Å². The minimum absolute atomic E-state index is 0.0907. The van der Waals surface area contributed by atoms with Crippen LogP contribution in [0.1, 0.15) is 18.0 Å². The first-order chi connectivity index (χ1) is 4.30. The summed E-state index contributed by atoms with van der Waals surface area (Å²) in [6, 6.07) is 0. The SMILES string of the molecule is CC(S)c1ncncn1. The van der Waals surface area contributed by atoms with Crippen LogP contribution in [0.15, 0.2) is 12.7 Å². The van der Waals surface area contributed by atoms with Gasteiger partial charge < -0.3 is 0 Å². The summed E-state index contributed by atoms with van der Waals surface area (Å²) in [7, 11) is 0. The molecular formula is C5H7N3S. The van der Waals surface area contributed by atoms with Crippen LogP contribution in [0.3, 0.4) is 0 Å². The van der Waals surface area contributed by atoms with E-state index in [1.54, 1.807) is 0 Å². The zero-order valence-electron chi connectivity index (χ0n) is 5.02. The Balaban J connectivity index is 2.85. The molecule has 0 fully saturated rings. The average molecular weight is 141 g/mol. The molecule has 0 amide bonds. The molecule has 0 spiro atoms. The van der Waals surface area contributed by atoms with Crippen molar-refractivity contribution in [2.75, 3.05) is 0 Å². The van der Waals surface area contributed by atoms with Gasteiger partial charge >= 0.3 is 0 Å². The summed E-state index contributed by atoms with van der Waals surface area (Å²) >= 11 is 4.13. The lowest BCUT2D eigenvalue weighted by atomic mass is 10.4. The monoisotopic (exact) mass is 141 g/mol. The van der Waals surface area contributed by atoms with Crippen molar-refractivity contribution in [3.63, 3.8) is 0 Å². The van der Waals surface area contributed by atoms with E-state index in [0.29, 0.717) is 5.82 Å². The van der Waals surface area contributed by atoms with Crippen molar-refractivity contribution >= 4 is 12.6 Å². The van der Waals surface area contributed by atoms with Crippen LogP contribution >= 0.6 is 12.6 Å². The molecule has 0 saturated heterocycles. The third kappa shape index (κ3) is 1.64. The highest BCUT2D eigenvalue weighted by Crippen LogP contribution is 2.10. The fourth-order valence-corrected chi connectivity index (χ4v) is 0.597. The van der Waals surface area contributed by atoms with Gasteiger partial charge in [-0.2, -0.15) is 12.6 Å². The minimum Gasteiger partial charge on any atom is -0.225 e. The van der Waals surface area contributed by atoms with E-state index >= 15 is 0 Å². The summed E-state index contributed by atoms with van der Waals surface area (Å²) in [5.74, 6) is 0.716. The summed E-state index contributed by atoms with van der Waals surface area (Å²) in [5.41, 5.74) is 0. The van der Waals surface area contributed by atoms with E-state index in [4.69, 9.17) is 0 Å². The first-order valence-electron chi connectivity index (χ1n) is 2.60. The van der Waals surface area contributed by atoms with Gasteiger partial charge in [0.25, 0.3) is 0 Å². The largest absolute Gasteiger partial charge is 0.225 e. The van der Waals surface area contributed by atoms with E-state index in [0.717, 1.165) is 0 Å². The zero-order valence-corrected chi connectivity index (χ0v) is 5.92. The van der Waals surface area contributed by atoms with Gasteiger partial charge in [-0.15, -0.1) is 0 Å². The number of thiol groups is 1. The molecule has 0 aliphatic carbocycles. The Morgan fingerprint density at radius 2 is 2.00 bits per heavy atom. The molecule has 1 atom stereocenters. The maximum absolute atomic E-state index is 4.13. The molecule has 0 bridgehead atoms. The third-order valence-corrected chi connectivity index (χ3v) is 1.12. The number of rotatable bonds is 1. The topological polar surface area (TPSA) is 38.7 Å². The summed E-state index contributed by atoms with van der Waals surface area (Å²) in [4.78, 5) is 11.4. The standard InChI is InChI=1S/C5H7N3S/c1-4(9)5-7-2-6-3-8-5/h2-4,9H,1H3. The fourth-order valence-electron chi connectivity index (χ4n) is 0.464. The maximum Gasteiger partial charge on any atom is 0.144 e. The highest BCUT2D eigenvalue weighted by atomic mass is 32.1. The van der Waals surface area contributed by atoms with E-state index in [1.165, 1.54) is 12.7 Å². The summed E-state index contributed by atoms with van der Waals surface area (Å²) < 4.78 is 0. The number of aromatic nitrogens is 3. The second-order valence-corrected chi connectivity index (χ2v) is 2.45. The minimum atomic E-state index is 0.0907. The summed E-state index contributed by atoms with van der Waals surface area (Å²) in [5, 5.41) is 0.0907. The van der Waals surface area contributed by atoms with Gasteiger partial charge in [0.05, 0.1) is 5.25 Å². The number of nitrogens with zero attached hydrogens (tertiary/aromatic N) is 3. The Morgan fingerprint density at radius 1 is 1.44 bits per heavy atom. The van der Waals surface area contributed by atoms with E-state index < -0.39 is 0 Å². The van der Waals surface area contributed by atoms with E-state index in [9.17, 15) is 0 Å². The molecule has 1 unspecified atom stereocenters. The van der Waals surface area contributed by atoms with Gasteiger partial charge in [0.15, 0.2) is 0 Å². The molecule has 0 N–H and O–H groups in total. The van der Waals surface area contributed by atoms with Crippen molar-refractivity contribution in [3.8, 4) is 0 Å². The first kappa shape index (κ1) is 6.48. The van der Waals surface area contributed by atoms with Crippen LogP contribution in [-0.4, -0.2) is 15.0 Å². The molecule has 1 rings (SSSR count). The second-order valence-electron chi connectivity index (χ2n) is 1.67. The molecule has 1 aromatic rings.